The second-order valence-electron chi connectivity index (χ2n) is 4.21. The smallest absolute Gasteiger partial charge is 0.423 e. The van der Waals surface area contributed by atoms with Crippen LogP contribution < -0.4 is 5.46 Å². The largest absolute Gasteiger partial charge is 0.488 e. The van der Waals surface area contributed by atoms with Crippen LogP contribution in [0.1, 0.15) is 38.8 Å². The van der Waals surface area contributed by atoms with Crippen LogP contribution in [-0.2, 0) is 0 Å². The maximum atomic E-state index is 8.79. The maximum Gasteiger partial charge on any atom is 0.488 e. The van der Waals surface area contributed by atoms with E-state index in [0.717, 1.165) is 16.8 Å². The van der Waals surface area contributed by atoms with E-state index in [4.69, 9.17) is 10.0 Å². The van der Waals surface area contributed by atoms with Crippen LogP contribution in [0.2, 0.25) is 0 Å². The summed E-state index contributed by atoms with van der Waals surface area (Å²) in [6.45, 7) is 15.2. The van der Waals surface area contributed by atoms with E-state index in [-0.39, 0.29) is 0 Å². The van der Waals surface area contributed by atoms with Crippen molar-refractivity contribution in [3.8, 4) is 0 Å². The van der Waals surface area contributed by atoms with Crippen molar-refractivity contribution < 1.29 is 10.0 Å². The van der Waals surface area contributed by atoms with Crippen molar-refractivity contribution in [3.63, 3.8) is 0 Å². The minimum atomic E-state index is -1.35. The molecule has 21 heavy (non-hydrogen) atoms. The van der Waals surface area contributed by atoms with Crippen LogP contribution in [0.3, 0.4) is 0 Å². The zero-order valence-corrected chi connectivity index (χ0v) is 14.1. The lowest BCUT2D eigenvalue weighted by Gasteiger charge is -2.02. The van der Waals surface area contributed by atoms with E-state index < -0.39 is 7.12 Å². The summed E-state index contributed by atoms with van der Waals surface area (Å²) in [5.41, 5.74) is 3.74. The summed E-state index contributed by atoms with van der Waals surface area (Å²) in [4.78, 5) is 3.69. The molecule has 0 atom stereocenters. The van der Waals surface area contributed by atoms with Gasteiger partial charge in [0.15, 0.2) is 0 Å². The third-order valence-corrected chi connectivity index (χ3v) is 2.61. The van der Waals surface area contributed by atoms with Gasteiger partial charge in [-0.05, 0) is 57.1 Å². The minimum absolute atomic E-state index is 0.549. The summed E-state index contributed by atoms with van der Waals surface area (Å²) in [5, 5.41) is 17.6. The highest BCUT2D eigenvalue weighted by molar-refractivity contribution is 6.58. The molecule has 0 aliphatic rings. The fourth-order valence-corrected chi connectivity index (χ4v) is 1.21. The van der Waals surface area contributed by atoms with Gasteiger partial charge in [0.05, 0.1) is 0 Å². The summed E-state index contributed by atoms with van der Waals surface area (Å²) in [7, 11) is -1.35. The van der Waals surface area contributed by atoms with Gasteiger partial charge in [0, 0.05) is 5.70 Å². The number of rotatable bonds is 3. The van der Waals surface area contributed by atoms with Crippen LogP contribution in [0.5, 0.6) is 0 Å². The van der Waals surface area contributed by atoms with Crippen molar-refractivity contribution in [1.82, 2.24) is 0 Å². The van der Waals surface area contributed by atoms with Gasteiger partial charge in [0.2, 0.25) is 0 Å². The van der Waals surface area contributed by atoms with Gasteiger partial charge >= 0.3 is 7.12 Å². The lowest BCUT2D eigenvalue weighted by atomic mass is 9.79. The summed E-state index contributed by atoms with van der Waals surface area (Å²) in [6, 6.07) is 5.37. The molecule has 0 heterocycles. The molecule has 0 bridgehead atoms. The molecule has 0 aliphatic carbocycles. The number of nitrogens with zero attached hydrogens (tertiary/aromatic N) is 1. The quantitative estimate of drug-likeness (QED) is 0.510. The lowest BCUT2D eigenvalue weighted by molar-refractivity contribution is 0.425. The highest BCUT2D eigenvalue weighted by Gasteiger charge is 2.10. The molecule has 3 nitrogen and oxygen atoms in total. The van der Waals surface area contributed by atoms with Crippen molar-refractivity contribution in [2.75, 3.05) is 0 Å². The molecule has 116 valence electrons. The van der Waals surface area contributed by atoms with Gasteiger partial charge in [0.25, 0.3) is 0 Å². The second kappa shape index (κ2) is 13.3. The van der Waals surface area contributed by atoms with Crippen LogP contribution in [0.15, 0.2) is 47.1 Å². The number of hydrogen-bond acceptors (Lipinski definition) is 3. The molecule has 1 aromatic rings. The Balaban J connectivity index is 0. The van der Waals surface area contributed by atoms with Gasteiger partial charge in [-0.15, -0.1) is 0 Å². The van der Waals surface area contributed by atoms with Crippen molar-refractivity contribution in [2.45, 2.75) is 41.5 Å². The fraction of sp³-hybridized carbons (Fsp3) is 0.353. The van der Waals surface area contributed by atoms with Crippen molar-refractivity contribution in [3.05, 3.63) is 53.3 Å². The normalized spacial score (nSPS) is 10.2. The molecule has 2 N–H and O–H groups in total. The van der Waals surface area contributed by atoms with Crippen LogP contribution in [0.4, 0.5) is 0 Å². The first-order valence-corrected chi connectivity index (χ1v) is 7.12. The molecule has 4 heteroatoms. The van der Waals surface area contributed by atoms with Gasteiger partial charge in [-0.2, -0.15) is 0 Å². The van der Waals surface area contributed by atoms with E-state index in [1.807, 2.05) is 65.8 Å². The molecule has 0 spiro atoms. The first-order chi connectivity index (χ1) is 9.92. The predicted octanol–water partition coefficient (Wildman–Crippen LogP) is 3.18. The molecule has 0 saturated carbocycles. The Labute approximate surface area is 129 Å². The Bertz CT molecular complexity index is 466. The van der Waals surface area contributed by atoms with Gasteiger partial charge in [0.1, 0.15) is 0 Å². The maximum absolute atomic E-state index is 8.79. The summed E-state index contributed by atoms with van der Waals surface area (Å²) >= 11 is 0. The zero-order chi connectivity index (χ0) is 16.8. The molecular weight excluding hydrogens is 261 g/mol. The van der Waals surface area contributed by atoms with Gasteiger partial charge in [-0.25, -0.2) is 0 Å². The van der Waals surface area contributed by atoms with E-state index >= 15 is 0 Å². The number of hydrogen-bond donors (Lipinski definition) is 2. The summed E-state index contributed by atoms with van der Waals surface area (Å²) < 4.78 is 0. The van der Waals surface area contributed by atoms with Gasteiger partial charge in [-0.1, -0.05) is 44.2 Å². The first kappa shape index (κ1) is 21.6. The highest BCUT2D eigenvalue weighted by atomic mass is 16.4. The fourth-order valence-electron chi connectivity index (χ4n) is 1.21. The van der Waals surface area contributed by atoms with Gasteiger partial charge < -0.3 is 10.0 Å². The van der Waals surface area contributed by atoms with Gasteiger partial charge in [-0.3, -0.25) is 4.99 Å². The van der Waals surface area contributed by atoms with Crippen LogP contribution in [0, 0.1) is 13.8 Å². The molecule has 0 unspecified atom stereocenters. The Morgan fingerprint density at radius 2 is 1.76 bits per heavy atom. The van der Waals surface area contributed by atoms with Crippen LogP contribution in [-0.4, -0.2) is 23.9 Å². The average Bonchev–Trinajstić information content (AvgIpc) is 2.50. The van der Waals surface area contributed by atoms with E-state index in [2.05, 4.69) is 11.7 Å². The number of aliphatic imine (C=N–C) groups is 1. The topological polar surface area (TPSA) is 52.8 Å². The van der Waals surface area contributed by atoms with E-state index in [0.29, 0.717) is 5.46 Å². The molecule has 1 aromatic carbocycles. The van der Waals surface area contributed by atoms with Crippen molar-refractivity contribution >= 4 is 19.3 Å². The standard InChI is InChI=1S/C8H11BO2.C7H11N.C2H6/c1-6-3-4-8(9(10)11)5-7(6)2;1-4-5-6-7(2)8-3;1-2/h3-5,10-11H,1-2H3;4-6H,3H2,1-2H3;1-2H3/b;5-4-,7-6+;. The highest BCUT2D eigenvalue weighted by Crippen LogP contribution is 2.02. The Morgan fingerprint density at radius 3 is 2.14 bits per heavy atom. The summed E-state index contributed by atoms with van der Waals surface area (Å²) in [5.74, 6) is 0. The zero-order valence-electron chi connectivity index (χ0n) is 14.1. The average molecular weight is 289 g/mol. The van der Waals surface area contributed by atoms with Crippen molar-refractivity contribution in [2.24, 2.45) is 4.99 Å². The molecule has 0 radical (unpaired) electrons. The Hall–Kier alpha value is -1.65. The molecule has 0 amide bonds. The van der Waals surface area contributed by atoms with E-state index in [1.54, 1.807) is 12.1 Å². The van der Waals surface area contributed by atoms with E-state index in [1.165, 1.54) is 0 Å². The number of allylic oxidation sites excluding steroid dienone is 4. The van der Waals surface area contributed by atoms with E-state index in [9.17, 15) is 0 Å². The molecule has 0 fully saturated rings. The predicted molar refractivity (Wildman–Crippen MR) is 95.2 cm³/mol. The number of aryl methyl sites for hydroxylation is 2. The number of benzene rings is 1. The monoisotopic (exact) mass is 289 g/mol. The second-order valence-corrected chi connectivity index (χ2v) is 4.21. The molecule has 1 rings (SSSR count). The minimum Gasteiger partial charge on any atom is -0.423 e. The molecular formula is C17H28BNO2. The SMILES string of the molecule is C=N/C(C)=C/C=C\C.CC.Cc1ccc(B(O)O)cc1C. The molecule has 0 aromatic heterocycles. The molecule has 0 saturated heterocycles. The van der Waals surface area contributed by atoms with Crippen molar-refractivity contribution in [1.29, 1.82) is 0 Å². The van der Waals surface area contributed by atoms with Crippen LogP contribution >= 0.6 is 0 Å². The summed E-state index contributed by atoms with van der Waals surface area (Å²) in [6.07, 6.45) is 5.80. The Kier molecular flexibility index (Phi) is 13.8. The third kappa shape index (κ3) is 10.8. The Morgan fingerprint density at radius 1 is 1.19 bits per heavy atom. The van der Waals surface area contributed by atoms with Crippen LogP contribution in [0.25, 0.3) is 0 Å². The molecule has 0 aliphatic heterocycles. The third-order valence-electron chi connectivity index (χ3n) is 2.61. The lowest BCUT2D eigenvalue weighted by Crippen LogP contribution is -2.29. The first-order valence-electron chi connectivity index (χ1n) is 7.12.